The molecule has 0 aliphatic carbocycles. The molecule has 4 heteroatoms. The van der Waals surface area contributed by atoms with E-state index in [-0.39, 0.29) is 11.9 Å². The van der Waals surface area contributed by atoms with Crippen LogP contribution in [0.15, 0.2) is 22.7 Å². The van der Waals surface area contributed by atoms with E-state index in [1.54, 1.807) is 6.07 Å². The molecular formula is C13H16BrFN2. The van der Waals surface area contributed by atoms with Gasteiger partial charge in [-0.25, -0.2) is 4.39 Å². The number of benzene rings is 1. The predicted molar refractivity (Wildman–Crippen MR) is 72.0 cm³/mol. The van der Waals surface area contributed by atoms with Crippen LogP contribution in [0.1, 0.15) is 24.9 Å². The Hall–Kier alpha value is -0.890. The summed E-state index contributed by atoms with van der Waals surface area (Å²) in [5.41, 5.74) is 6.53. The predicted octanol–water partition coefficient (Wildman–Crippen LogP) is 2.59. The van der Waals surface area contributed by atoms with Gasteiger partial charge < -0.3 is 11.1 Å². The second-order valence-electron chi connectivity index (χ2n) is 3.59. The Kier molecular flexibility index (Phi) is 6.20. The van der Waals surface area contributed by atoms with Crippen molar-refractivity contribution in [2.75, 3.05) is 13.1 Å². The molecule has 0 heterocycles. The lowest BCUT2D eigenvalue weighted by atomic mass is 10.1. The molecular weight excluding hydrogens is 283 g/mol. The molecule has 1 aromatic carbocycles. The van der Waals surface area contributed by atoms with Crippen LogP contribution >= 0.6 is 15.9 Å². The van der Waals surface area contributed by atoms with Gasteiger partial charge in [0.05, 0.1) is 4.47 Å². The highest BCUT2D eigenvalue weighted by atomic mass is 79.9. The molecule has 1 unspecified atom stereocenters. The molecule has 0 bridgehead atoms. The monoisotopic (exact) mass is 298 g/mol. The van der Waals surface area contributed by atoms with E-state index in [1.807, 2.05) is 13.0 Å². The second-order valence-corrected chi connectivity index (χ2v) is 4.45. The standard InChI is InChI=1S/C13H16BrFN2/c1-2-3-4-7-17-13(9-16)10-5-6-11(14)12(15)8-10/h5-6,8,13,17H,4,7,9,16H2,1H3. The number of nitrogens with one attached hydrogen (secondary N) is 1. The first-order valence-electron chi connectivity index (χ1n) is 5.47. The van der Waals surface area contributed by atoms with Gasteiger partial charge in [-0.15, -0.1) is 11.8 Å². The summed E-state index contributed by atoms with van der Waals surface area (Å²) in [5, 5.41) is 3.26. The van der Waals surface area contributed by atoms with Crippen molar-refractivity contribution >= 4 is 15.9 Å². The highest BCUT2D eigenvalue weighted by molar-refractivity contribution is 9.10. The van der Waals surface area contributed by atoms with Crippen molar-refractivity contribution in [2.45, 2.75) is 19.4 Å². The summed E-state index contributed by atoms with van der Waals surface area (Å²) in [6.07, 6.45) is 0.770. The van der Waals surface area contributed by atoms with Crippen molar-refractivity contribution in [3.8, 4) is 11.8 Å². The molecule has 1 atom stereocenters. The first-order valence-corrected chi connectivity index (χ1v) is 6.26. The largest absolute Gasteiger partial charge is 0.329 e. The number of hydrogen-bond acceptors (Lipinski definition) is 2. The van der Waals surface area contributed by atoms with Crippen molar-refractivity contribution in [1.82, 2.24) is 5.32 Å². The molecule has 92 valence electrons. The third-order valence-corrected chi connectivity index (χ3v) is 3.04. The molecule has 0 radical (unpaired) electrons. The van der Waals surface area contributed by atoms with E-state index in [0.717, 1.165) is 18.5 Å². The number of rotatable bonds is 5. The quantitative estimate of drug-likeness (QED) is 0.648. The summed E-state index contributed by atoms with van der Waals surface area (Å²) < 4.78 is 13.8. The van der Waals surface area contributed by atoms with E-state index in [9.17, 15) is 4.39 Å². The molecule has 1 aromatic rings. The fourth-order valence-corrected chi connectivity index (χ4v) is 1.75. The van der Waals surface area contributed by atoms with E-state index in [4.69, 9.17) is 5.73 Å². The van der Waals surface area contributed by atoms with Gasteiger partial charge in [-0.2, -0.15) is 0 Å². The first-order chi connectivity index (χ1) is 8.19. The summed E-state index contributed by atoms with van der Waals surface area (Å²) in [5.74, 6) is 5.53. The molecule has 0 amide bonds. The number of hydrogen-bond donors (Lipinski definition) is 2. The fourth-order valence-electron chi connectivity index (χ4n) is 1.50. The molecule has 0 aromatic heterocycles. The molecule has 0 aliphatic rings. The summed E-state index contributed by atoms with van der Waals surface area (Å²) in [4.78, 5) is 0. The molecule has 17 heavy (non-hydrogen) atoms. The van der Waals surface area contributed by atoms with Gasteiger partial charge in [-0.1, -0.05) is 6.07 Å². The van der Waals surface area contributed by atoms with Crippen LogP contribution in [0.4, 0.5) is 4.39 Å². The molecule has 3 N–H and O–H groups in total. The minimum atomic E-state index is -0.268. The maximum Gasteiger partial charge on any atom is 0.137 e. The Morgan fingerprint density at radius 1 is 1.53 bits per heavy atom. The van der Waals surface area contributed by atoms with Crippen molar-refractivity contribution < 1.29 is 4.39 Å². The lowest BCUT2D eigenvalue weighted by molar-refractivity contribution is 0.543. The van der Waals surface area contributed by atoms with Gasteiger partial charge in [0.25, 0.3) is 0 Å². The molecule has 0 saturated heterocycles. The van der Waals surface area contributed by atoms with Crippen molar-refractivity contribution in [1.29, 1.82) is 0 Å². The highest BCUT2D eigenvalue weighted by Crippen LogP contribution is 2.20. The van der Waals surface area contributed by atoms with Crippen LogP contribution in [0.25, 0.3) is 0 Å². The maximum absolute atomic E-state index is 13.4. The zero-order chi connectivity index (χ0) is 12.7. The number of nitrogens with two attached hydrogens (primary N) is 1. The van der Waals surface area contributed by atoms with Gasteiger partial charge in [-0.05, 0) is 40.5 Å². The van der Waals surface area contributed by atoms with Crippen molar-refractivity contribution in [3.05, 3.63) is 34.1 Å². The first kappa shape index (κ1) is 14.2. The lowest BCUT2D eigenvalue weighted by Crippen LogP contribution is -2.29. The van der Waals surface area contributed by atoms with Crippen molar-refractivity contribution in [3.63, 3.8) is 0 Å². The van der Waals surface area contributed by atoms with Gasteiger partial charge in [0.15, 0.2) is 0 Å². The molecule has 2 nitrogen and oxygen atoms in total. The topological polar surface area (TPSA) is 38.0 Å². The van der Waals surface area contributed by atoms with Crippen LogP contribution in [-0.2, 0) is 0 Å². The van der Waals surface area contributed by atoms with E-state index >= 15 is 0 Å². The van der Waals surface area contributed by atoms with E-state index in [1.165, 1.54) is 6.07 Å². The van der Waals surface area contributed by atoms with Gasteiger partial charge in [0.2, 0.25) is 0 Å². The summed E-state index contributed by atoms with van der Waals surface area (Å²) in [6.45, 7) is 2.99. The summed E-state index contributed by atoms with van der Waals surface area (Å²) in [6, 6.07) is 5.03. The Morgan fingerprint density at radius 2 is 2.29 bits per heavy atom. The Morgan fingerprint density at radius 3 is 2.88 bits per heavy atom. The van der Waals surface area contributed by atoms with Crippen LogP contribution in [0, 0.1) is 17.7 Å². The Labute approximate surface area is 110 Å². The van der Waals surface area contributed by atoms with Crippen molar-refractivity contribution in [2.24, 2.45) is 5.73 Å². The average Bonchev–Trinajstić information content (AvgIpc) is 2.33. The van der Waals surface area contributed by atoms with Gasteiger partial charge >= 0.3 is 0 Å². The molecule has 0 aliphatic heterocycles. The van der Waals surface area contributed by atoms with Gasteiger partial charge in [0, 0.05) is 25.6 Å². The zero-order valence-electron chi connectivity index (χ0n) is 9.76. The Balaban J connectivity index is 2.64. The third-order valence-electron chi connectivity index (χ3n) is 2.40. The van der Waals surface area contributed by atoms with Crippen LogP contribution in [0.3, 0.4) is 0 Å². The van der Waals surface area contributed by atoms with Crippen LogP contribution in [0.2, 0.25) is 0 Å². The minimum absolute atomic E-state index is 0.0312. The second kappa shape index (κ2) is 7.44. The zero-order valence-corrected chi connectivity index (χ0v) is 11.3. The Bertz CT molecular complexity index is 423. The molecule has 1 rings (SSSR count). The van der Waals surface area contributed by atoms with E-state index < -0.39 is 0 Å². The lowest BCUT2D eigenvalue weighted by Gasteiger charge is -2.16. The van der Waals surface area contributed by atoms with E-state index in [2.05, 4.69) is 33.1 Å². The maximum atomic E-state index is 13.4. The fraction of sp³-hybridized carbons (Fsp3) is 0.385. The SMILES string of the molecule is CC#CCCNC(CN)c1ccc(Br)c(F)c1. The average molecular weight is 299 g/mol. The normalized spacial score (nSPS) is 11.8. The summed E-state index contributed by atoms with van der Waals surface area (Å²) >= 11 is 3.13. The van der Waals surface area contributed by atoms with Gasteiger partial charge in [0.1, 0.15) is 5.82 Å². The van der Waals surface area contributed by atoms with Crippen LogP contribution in [0.5, 0.6) is 0 Å². The van der Waals surface area contributed by atoms with Crippen LogP contribution in [-0.4, -0.2) is 13.1 Å². The molecule has 0 saturated carbocycles. The number of halogens is 2. The third kappa shape index (κ3) is 4.47. The van der Waals surface area contributed by atoms with E-state index in [0.29, 0.717) is 11.0 Å². The highest BCUT2D eigenvalue weighted by Gasteiger charge is 2.10. The summed E-state index contributed by atoms with van der Waals surface area (Å²) in [7, 11) is 0. The van der Waals surface area contributed by atoms with Crippen LogP contribution < -0.4 is 11.1 Å². The molecule has 0 fully saturated rings. The van der Waals surface area contributed by atoms with Gasteiger partial charge in [-0.3, -0.25) is 0 Å². The minimum Gasteiger partial charge on any atom is -0.329 e. The smallest absolute Gasteiger partial charge is 0.137 e. The molecule has 0 spiro atoms.